The Bertz CT molecular complexity index is 1310. The largest absolute Gasteiger partial charge is 0.393 e. The minimum atomic E-state index is -1.13. The Morgan fingerprint density at radius 1 is 0.698 bits per heavy atom. The summed E-state index contributed by atoms with van der Waals surface area (Å²) < 4.78 is 0. The molecule has 0 unspecified atom stereocenters. The minimum Gasteiger partial charge on any atom is -0.393 e. The third-order valence-electron chi connectivity index (χ3n) is 8.64. The Kier molecular flexibility index (Phi) is 13.2. The lowest BCUT2D eigenvalue weighted by Crippen LogP contribution is -2.50. The molecule has 1 saturated carbocycles. The highest BCUT2D eigenvalue weighted by Gasteiger charge is 2.48. The standard InChI is InChI=1S/C40H56O3/c1-29(17-13-19-31(3)21-22-37-33(5)25-35(41)27-38(37,7)8)15-11-12-16-30(2)18-14-20-32(4)23-24-40(43)34(6)26-36(42)28-39(40,9)10/h11-24,35-36,41-43H,6,25-28H2,1-5,7-10H3/b12-11+,17-13+,18-14+,22-21+,24-23+,29-15+,30-16+,31-19+,32-20+/t35-,36-,40-/m1/s1. The molecular weight excluding hydrogens is 528 g/mol. The van der Waals surface area contributed by atoms with E-state index < -0.39 is 17.1 Å². The van der Waals surface area contributed by atoms with E-state index in [0.29, 0.717) is 18.4 Å². The molecule has 0 aliphatic heterocycles. The van der Waals surface area contributed by atoms with Gasteiger partial charge < -0.3 is 15.3 Å². The minimum absolute atomic E-state index is 0.00529. The highest BCUT2D eigenvalue weighted by Crippen LogP contribution is 2.47. The van der Waals surface area contributed by atoms with Crippen LogP contribution in [0.1, 0.15) is 88.0 Å². The summed E-state index contributed by atoms with van der Waals surface area (Å²) in [6.07, 6.45) is 30.6. The van der Waals surface area contributed by atoms with Crippen LogP contribution in [0.2, 0.25) is 0 Å². The molecular formula is C40H56O3. The number of hydrogen-bond donors (Lipinski definition) is 3. The van der Waals surface area contributed by atoms with Crippen molar-refractivity contribution in [3.05, 3.63) is 131 Å². The Labute approximate surface area is 262 Å². The number of aliphatic hydroxyl groups excluding tert-OH is 2. The molecule has 3 atom stereocenters. The summed E-state index contributed by atoms with van der Waals surface area (Å²) in [5.41, 5.74) is 6.17. The van der Waals surface area contributed by atoms with Crippen LogP contribution in [0.25, 0.3) is 0 Å². The van der Waals surface area contributed by atoms with Crippen LogP contribution in [0.3, 0.4) is 0 Å². The molecule has 0 spiro atoms. The smallest absolute Gasteiger partial charge is 0.109 e. The van der Waals surface area contributed by atoms with Crippen molar-refractivity contribution >= 4 is 0 Å². The fourth-order valence-corrected chi connectivity index (χ4v) is 6.07. The second-order valence-corrected chi connectivity index (χ2v) is 13.9. The quantitative estimate of drug-likeness (QED) is 0.177. The number of allylic oxidation sites excluding steroid dienone is 18. The van der Waals surface area contributed by atoms with E-state index in [4.69, 9.17) is 0 Å². The van der Waals surface area contributed by atoms with Crippen LogP contribution < -0.4 is 0 Å². The molecule has 2 rings (SSSR count). The van der Waals surface area contributed by atoms with E-state index >= 15 is 0 Å². The molecule has 0 radical (unpaired) electrons. The predicted molar refractivity (Wildman–Crippen MR) is 186 cm³/mol. The molecule has 0 aromatic carbocycles. The van der Waals surface area contributed by atoms with E-state index in [9.17, 15) is 15.3 Å². The van der Waals surface area contributed by atoms with Gasteiger partial charge in [0.05, 0.1) is 12.2 Å². The Morgan fingerprint density at radius 3 is 1.67 bits per heavy atom. The summed E-state index contributed by atoms with van der Waals surface area (Å²) in [4.78, 5) is 0. The zero-order valence-corrected chi connectivity index (χ0v) is 28.1. The number of aliphatic hydroxyl groups is 3. The lowest BCUT2D eigenvalue weighted by molar-refractivity contribution is -0.0527. The van der Waals surface area contributed by atoms with Gasteiger partial charge in [0, 0.05) is 5.41 Å². The second-order valence-electron chi connectivity index (χ2n) is 13.9. The summed E-state index contributed by atoms with van der Waals surface area (Å²) in [6.45, 7) is 22.8. The topological polar surface area (TPSA) is 60.7 Å². The van der Waals surface area contributed by atoms with Crippen molar-refractivity contribution < 1.29 is 15.3 Å². The third-order valence-corrected chi connectivity index (χ3v) is 8.64. The van der Waals surface area contributed by atoms with Gasteiger partial charge in [0.15, 0.2) is 0 Å². The van der Waals surface area contributed by atoms with Crippen LogP contribution in [0.15, 0.2) is 131 Å². The molecule has 1 fully saturated rings. The summed E-state index contributed by atoms with van der Waals surface area (Å²) in [6, 6.07) is 0. The van der Waals surface area contributed by atoms with Crippen LogP contribution in [0.5, 0.6) is 0 Å². The van der Waals surface area contributed by atoms with Gasteiger partial charge in [-0.2, -0.15) is 0 Å². The zero-order chi connectivity index (χ0) is 32.4. The van der Waals surface area contributed by atoms with Gasteiger partial charge in [-0.3, -0.25) is 0 Å². The van der Waals surface area contributed by atoms with Gasteiger partial charge in [0.25, 0.3) is 0 Å². The van der Waals surface area contributed by atoms with Gasteiger partial charge in [-0.15, -0.1) is 0 Å². The molecule has 0 amide bonds. The molecule has 234 valence electrons. The van der Waals surface area contributed by atoms with Crippen LogP contribution in [0.4, 0.5) is 0 Å². The van der Waals surface area contributed by atoms with Gasteiger partial charge in [0.1, 0.15) is 5.60 Å². The Balaban J connectivity index is 1.92. The predicted octanol–water partition coefficient (Wildman–Crippen LogP) is 9.52. The van der Waals surface area contributed by atoms with Crippen LogP contribution in [0, 0.1) is 10.8 Å². The van der Waals surface area contributed by atoms with Gasteiger partial charge in [0.2, 0.25) is 0 Å². The summed E-state index contributed by atoms with van der Waals surface area (Å²) in [7, 11) is 0. The Hall–Kier alpha value is -2.98. The summed E-state index contributed by atoms with van der Waals surface area (Å²) in [5.74, 6) is 0. The molecule has 0 aromatic rings. The number of rotatable bonds is 10. The normalized spacial score (nSPS) is 28.1. The molecule has 0 aromatic heterocycles. The van der Waals surface area contributed by atoms with Crippen LogP contribution in [-0.2, 0) is 0 Å². The molecule has 2 aliphatic rings. The van der Waals surface area contributed by atoms with Crippen molar-refractivity contribution in [2.45, 2.75) is 106 Å². The van der Waals surface area contributed by atoms with Gasteiger partial charge >= 0.3 is 0 Å². The summed E-state index contributed by atoms with van der Waals surface area (Å²) in [5, 5.41) is 31.5. The van der Waals surface area contributed by atoms with Crippen molar-refractivity contribution in [3.63, 3.8) is 0 Å². The molecule has 3 heteroatoms. The first kappa shape index (κ1) is 36.2. The highest BCUT2D eigenvalue weighted by atomic mass is 16.3. The first-order valence-corrected chi connectivity index (χ1v) is 15.5. The average molecular weight is 585 g/mol. The van der Waals surface area contributed by atoms with Crippen molar-refractivity contribution in [1.29, 1.82) is 0 Å². The fraction of sp³-hybridized carbons (Fsp3) is 0.450. The third kappa shape index (κ3) is 10.9. The highest BCUT2D eigenvalue weighted by molar-refractivity contribution is 5.38. The van der Waals surface area contributed by atoms with Crippen molar-refractivity contribution in [2.75, 3.05) is 0 Å². The molecule has 2 aliphatic carbocycles. The van der Waals surface area contributed by atoms with E-state index in [2.05, 4.69) is 96.7 Å². The molecule has 3 N–H and O–H groups in total. The molecule has 0 heterocycles. The van der Waals surface area contributed by atoms with Crippen molar-refractivity contribution in [3.8, 4) is 0 Å². The fourth-order valence-electron chi connectivity index (χ4n) is 6.07. The first-order chi connectivity index (χ1) is 20.0. The van der Waals surface area contributed by atoms with E-state index in [-0.39, 0.29) is 11.5 Å². The maximum atomic E-state index is 11.3. The molecule has 0 bridgehead atoms. The Morgan fingerprint density at radius 2 is 1.16 bits per heavy atom. The van der Waals surface area contributed by atoms with Crippen molar-refractivity contribution in [1.82, 2.24) is 0 Å². The van der Waals surface area contributed by atoms with E-state index in [0.717, 1.165) is 29.6 Å². The van der Waals surface area contributed by atoms with Crippen molar-refractivity contribution in [2.24, 2.45) is 10.8 Å². The van der Waals surface area contributed by atoms with Gasteiger partial charge in [-0.1, -0.05) is 141 Å². The molecule has 43 heavy (non-hydrogen) atoms. The van der Waals surface area contributed by atoms with Crippen LogP contribution in [-0.4, -0.2) is 33.1 Å². The maximum Gasteiger partial charge on any atom is 0.109 e. The second kappa shape index (κ2) is 15.7. The molecule has 0 saturated heterocycles. The first-order valence-electron chi connectivity index (χ1n) is 15.5. The van der Waals surface area contributed by atoms with Crippen LogP contribution >= 0.6 is 0 Å². The average Bonchev–Trinajstić information content (AvgIpc) is 2.87. The van der Waals surface area contributed by atoms with E-state index in [1.165, 1.54) is 16.7 Å². The maximum absolute atomic E-state index is 11.3. The van der Waals surface area contributed by atoms with E-state index in [1.54, 1.807) is 0 Å². The van der Waals surface area contributed by atoms with Gasteiger partial charge in [-0.05, 0) is 82.9 Å². The SMILES string of the molecule is C=C1C[C@@H](O)CC(C)(C)[C@@]1(O)/C=C/C(C)=C/C=C/C(C)=C/C=C/C=C(C)/C=C/C=C(C)/C=C/C1=C(C)C[C@@H](O)CC1(C)C. The monoisotopic (exact) mass is 584 g/mol. The molecule has 3 nitrogen and oxygen atoms in total. The van der Waals surface area contributed by atoms with Gasteiger partial charge in [-0.25, -0.2) is 0 Å². The zero-order valence-electron chi connectivity index (χ0n) is 28.1. The lowest BCUT2D eigenvalue weighted by atomic mass is 9.62. The number of hydrogen-bond acceptors (Lipinski definition) is 3. The summed E-state index contributed by atoms with van der Waals surface area (Å²) >= 11 is 0. The van der Waals surface area contributed by atoms with E-state index in [1.807, 2.05) is 57.2 Å². The lowest BCUT2D eigenvalue weighted by Gasteiger charge is -2.47.